The Balaban J connectivity index is 1.54. The molecular weight excluding hydrogens is 474 g/mol. The molecule has 0 bridgehead atoms. The second-order valence-corrected chi connectivity index (χ2v) is 9.61. The van der Waals surface area contributed by atoms with Gasteiger partial charge in [-0.3, -0.25) is 10.1 Å². The zero-order valence-electron chi connectivity index (χ0n) is 19.5. The van der Waals surface area contributed by atoms with Gasteiger partial charge in [0.05, 0.1) is 13.2 Å². The highest BCUT2D eigenvalue weighted by Gasteiger charge is 2.47. The molecule has 8 heteroatoms. The highest BCUT2D eigenvalue weighted by Crippen LogP contribution is 2.45. The summed E-state index contributed by atoms with van der Waals surface area (Å²) in [4.78, 5) is 23.9. The molecule has 5 rings (SSSR count). The number of nitrogens with one attached hydrogen (secondary N) is 2. The van der Waals surface area contributed by atoms with Gasteiger partial charge < -0.3 is 19.7 Å². The van der Waals surface area contributed by atoms with Gasteiger partial charge in [-0.05, 0) is 40.6 Å². The molecule has 182 valence electrons. The Morgan fingerprint density at radius 1 is 1.00 bits per heavy atom. The van der Waals surface area contributed by atoms with Crippen LogP contribution in [0.2, 0.25) is 0 Å². The largest absolute Gasteiger partial charge is 0.497 e. The highest BCUT2D eigenvalue weighted by atomic mass is 32.2. The molecule has 0 saturated carbocycles. The van der Waals surface area contributed by atoms with E-state index in [2.05, 4.69) is 10.6 Å². The van der Waals surface area contributed by atoms with Crippen LogP contribution in [0.4, 0.5) is 5.69 Å². The summed E-state index contributed by atoms with van der Waals surface area (Å²) in [7, 11) is 1.59. The Morgan fingerprint density at radius 3 is 2.17 bits per heavy atom. The predicted molar refractivity (Wildman–Crippen MR) is 141 cm³/mol. The minimum atomic E-state index is -1.61. The number of carboxylic acids is 1. The van der Waals surface area contributed by atoms with Crippen LogP contribution in [0.1, 0.15) is 22.7 Å². The number of carboxylic acid groups (broad SMARTS) is 1. The summed E-state index contributed by atoms with van der Waals surface area (Å²) < 4.78 is 7.17. The normalized spacial score (nSPS) is 16.4. The van der Waals surface area contributed by atoms with E-state index in [4.69, 9.17) is 4.74 Å². The van der Waals surface area contributed by atoms with Gasteiger partial charge in [-0.15, -0.1) is 0 Å². The van der Waals surface area contributed by atoms with E-state index >= 15 is 0 Å². The lowest BCUT2D eigenvalue weighted by Crippen LogP contribution is -2.53. The first kappa shape index (κ1) is 23.7. The van der Waals surface area contributed by atoms with Crippen LogP contribution >= 0.6 is 11.8 Å². The Bertz CT molecular complexity index is 1390. The maximum absolute atomic E-state index is 12.9. The quantitative estimate of drug-likeness (QED) is 0.328. The van der Waals surface area contributed by atoms with Crippen LogP contribution in [0.5, 0.6) is 5.75 Å². The molecule has 3 aromatic carbocycles. The minimum absolute atomic E-state index is 0.248. The second kappa shape index (κ2) is 9.93. The highest BCUT2D eigenvalue weighted by molar-refractivity contribution is 8.01. The first-order valence-electron chi connectivity index (χ1n) is 11.4. The fourth-order valence-electron chi connectivity index (χ4n) is 4.31. The number of carbonyl (C=O) groups is 1. The van der Waals surface area contributed by atoms with Gasteiger partial charge in [0.25, 0.3) is 0 Å². The van der Waals surface area contributed by atoms with Crippen molar-refractivity contribution < 1.29 is 14.6 Å². The van der Waals surface area contributed by atoms with E-state index in [-0.39, 0.29) is 23.7 Å². The maximum atomic E-state index is 12.9. The van der Waals surface area contributed by atoms with Crippen LogP contribution < -0.4 is 20.8 Å². The molecule has 0 fully saturated rings. The lowest BCUT2D eigenvalue weighted by Gasteiger charge is -2.26. The van der Waals surface area contributed by atoms with Crippen molar-refractivity contribution in [2.24, 2.45) is 0 Å². The van der Waals surface area contributed by atoms with Gasteiger partial charge in [0.15, 0.2) is 0 Å². The molecule has 0 amide bonds. The molecule has 1 aliphatic rings. The molecule has 3 N–H and O–H groups in total. The van der Waals surface area contributed by atoms with E-state index in [1.54, 1.807) is 13.3 Å². The molecule has 1 aromatic heterocycles. The topological polar surface area (TPSA) is 92.6 Å². The van der Waals surface area contributed by atoms with Gasteiger partial charge in [0, 0.05) is 18.8 Å². The van der Waals surface area contributed by atoms with Crippen molar-refractivity contribution >= 4 is 23.4 Å². The fraction of sp³-hybridized carbons (Fsp3) is 0.143. The molecule has 36 heavy (non-hydrogen) atoms. The monoisotopic (exact) mass is 499 g/mol. The van der Waals surface area contributed by atoms with Crippen molar-refractivity contribution in [3.8, 4) is 5.75 Å². The van der Waals surface area contributed by atoms with Crippen molar-refractivity contribution in [2.75, 3.05) is 12.4 Å². The summed E-state index contributed by atoms with van der Waals surface area (Å²) in [6, 6.07) is 28.5. The number of fused-ring (bicyclic) bond motifs is 1. The number of pyridine rings is 1. The molecule has 7 nitrogen and oxygen atoms in total. The first-order chi connectivity index (χ1) is 17.5. The minimum Gasteiger partial charge on any atom is -0.497 e. The molecule has 1 unspecified atom stereocenters. The predicted octanol–water partition coefficient (Wildman–Crippen LogP) is 4.54. The van der Waals surface area contributed by atoms with E-state index in [1.165, 1.54) is 6.07 Å². The van der Waals surface area contributed by atoms with Crippen LogP contribution in [0.15, 0.2) is 107 Å². The van der Waals surface area contributed by atoms with Crippen LogP contribution in [0.25, 0.3) is 0 Å². The van der Waals surface area contributed by atoms with Crippen LogP contribution in [0.3, 0.4) is 0 Å². The second-order valence-electron chi connectivity index (χ2n) is 8.41. The lowest BCUT2D eigenvalue weighted by molar-refractivity contribution is -0.139. The number of methoxy groups -OCH3 is 1. The SMILES string of the molecule is COc1ccc(CNC2(C(=O)O)Nc3c(n(C(c4ccccc4)c4ccccc4)ccc3=O)S2)cc1. The number of nitrogens with zero attached hydrogens (tertiary/aromatic N) is 1. The number of ether oxygens (including phenoxy) is 1. The van der Waals surface area contributed by atoms with Gasteiger partial charge in [0.2, 0.25) is 10.4 Å². The van der Waals surface area contributed by atoms with Gasteiger partial charge >= 0.3 is 5.97 Å². The number of aromatic nitrogens is 1. The number of anilines is 1. The van der Waals surface area contributed by atoms with Crippen molar-refractivity contribution in [1.82, 2.24) is 9.88 Å². The van der Waals surface area contributed by atoms with Gasteiger partial charge in [0.1, 0.15) is 16.5 Å². The van der Waals surface area contributed by atoms with Crippen molar-refractivity contribution in [3.63, 3.8) is 0 Å². The summed E-state index contributed by atoms with van der Waals surface area (Å²) >= 11 is 1.09. The Kier molecular flexibility index (Phi) is 6.54. The summed E-state index contributed by atoms with van der Waals surface area (Å²) in [5.41, 5.74) is 2.94. The van der Waals surface area contributed by atoms with Crippen LogP contribution in [-0.4, -0.2) is 27.7 Å². The molecule has 2 heterocycles. The Morgan fingerprint density at radius 2 is 1.61 bits per heavy atom. The number of benzene rings is 3. The number of hydrogen-bond acceptors (Lipinski definition) is 6. The average Bonchev–Trinajstić information content (AvgIpc) is 3.33. The van der Waals surface area contributed by atoms with E-state index < -0.39 is 11.0 Å². The molecule has 0 saturated heterocycles. The summed E-state index contributed by atoms with van der Waals surface area (Å²) in [5.74, 6) is -0.392. The summed E-state index contributed by atoms with van der Waals surface area (Å²) in [6.07, 6.45) is 1.74. The molecule has 1 aliphatic heterocycles. The maximum Gasteiger partial charge on any atom is 0.356 e. The third kappa shape index (κ3) is 4.48. The van der Waals surface area contributed by atoms with Crippen LogP contribution in [0, 0.1) is 0 Å². The van der Waals surface area contributed by atoms with E-state index in [1.807, 2.05) is 89.5 Å². The molecule has 0 aliphatic carbocycles. The fourth-order valence-corrected chi connectivity index (χ4v) is 5.51. The van der Waals surface area contributed by atoms with Gasteiger partial charge in [-0.25, -0.2) is 4.79 Å². The standard InChI is InChI=1S/C28H25N3O4S/c1-35-22-14-12-19(13-15-22)18-29-28(27(33)34)30-24-23(32)16-17-31(26(24)36-28)25(20-8-4-2-5-9-20)21-10-6-3-7-11-21/h2-17,25,29-30H,18H2,1H3,(H,33,34). The van der Waals surface area contributed by atoms with Gasteiger partial charge in [-0.1, -0.05) is 72.8 Å². The van der Waals surface area contributed by atoms with E-state index in [9.17, 15) is 14.7 Å². The summed E-state index contributed by atoms with van der Waals surface area (Å²) in [5, 5.41) is 17.0. The number of thioether (sulfide) groups is 1. The summed E-state index contributed by atoms with van der Waals surface area (Å²) in [6.45, 7) is 0.277. The van der Waals surface area contributed by atoms with Crippen molar-refractivity contribution in [2.45, 2.75) is 22.6 Å². The van der Waals surface area contributed by atoms with Crippen molar-refractivity contribution in [3.05, 3.63) is 124 Å². The first-order valence-corrected chi connectivity index (χ1v) is 12.3. The molecule has 4 aromatic rings. The van der Waals surface area contributed by atoms with Crippen LogP contribution in [-0.2, 0) is 11.3 Å². The smallest absolute Gasteiger partial charge is 0.356 e. The third-order valence-corrected chi connectivity index (χ3v) is 7.48. The van der Waals surface area contributed by atoms with Gasteiger partial charge in [-0.2, -0.15) is 0 Å². The number of hydrogen-bond donors (Lipinski definition) is 3. The zero-order valence-corrected chi connectivity index (χ0v) is 20.4. The Hall–Kier alpha value is -4.01. The third-order valence-electron chi connectivity index (χ3n) is 6.14. The zero-order chi connectivity index (χ0) is 25.1. The molecule has 0 radical (unpaired) electrons. The lowest BCUT2D eigenvalue weighted by atomic mass is 9.98. The molecule has 0 spiro atoms. The number of rotatable bonds is 8. The Labute approximate surface area is 212 Å². The number of aliphatic carboxylic acids is 1. The van der Waals surface area contributed by atoms with E-state index in [0.29, 0.717) is 5.03 Å². The molecule has 1 atom stereocenters. The van der Waals surface area contributed by atoms with Crippen molar-refractivity contribution in [1.29, 1.82) is 0 Å². The average molecular weight is 500 g/mol. The molecular formula is C28H25N3O4S. The van der Waals surface area contributed by atoms with E-state index in [0.717, 1.165) is 34.2 Å².